The maximum Gasteiger partial charge on any atom is 0.153 e. The van der Waals surface area contributed by atoms with E-state index < -0.39 is 0 Å². The Morgan fingerprint density at radius 3 is 2.59 bits per heavy atom. The summed E-state index contributed by atoms with van der Waals surface area (Å²) in [6.07, 6.45) is 3.16. The maximum absolute atomic E-state index is 11.4. The van der Waals surface area contributed by atoms with Crippen LogP contribution in [-0.2, 0) is 6.42 Å². The number of alkyl halides is 1. The highest BCUT2D eigenvalue weighted by Crippen LogP contribution is 2.43. The van der Waals surface area contributed by atoms with Crippen molar-refractivity contribution in [2.75, 3.05) is 19.1 Å². The highest BCUT2D eigenvalue weighted by atomic mass is 35.5. The molecule has 0 aromatic heterocycles. The van der Waals surface area contributed by atoms with Crippen molar-refractivity contribution >= 4 is 29.5 Å². The van der Waals surface area contributed by atoms with Gasteiger partial charge in [0.1, 0.15) is 23.4 Å². The summed E-state index contributed by atoms with van der Waals surface area (Å²) < 4.78 is 17.9. The molecule has 6 heteroatoms. The molecule has 0 saturated carbocycles. The Bertz CT molecular complexity index is 1180. The van der Waals surface area contributed by atoms with E-state index in [0.29, 0.717) is 41.2 Å². The molecule has 1 atom stereocenters. The van der Waals surface area contributed by atoms with Gasteiger partial charge in [0.15, 0.2) is 6.29 Å². The van der Waals surface area contributed by atoms with Crippen LogP contribution in [0.2, 0.25) is 5.02 Å². The lowest BCUT2D eigenvalue weighted by molar-refractivity contribution is 0.111. The van der Waals surface area contributed by atoms with E-state index in [-0.39, 0.29) is 6.10 Å². The predicted octanol–water partition coefficient (Wildman–Crippen LogP) is 7.60. The Kier molecular flexibility index (Phi) is 8.02. The number of halogens is 2. The molecule has 0 unspecified atom stereocenters. The number of rotatable bonds is 10. The molecule has 0 aliphatic heterocycles. The van der Waals surface area contributed by atoms with Gasteiger partial charge in [-0.3, -0.25) is 4.79 Å². The van der Waals surface area contributed by atoms with Gasteiger partial charge in [-0.2, -0.15) is 0 Å². The number of aldehydes is 1. The molecular formula is C28H28Cl2O4. The number of carbonyl (C=O) groups is 1. The van der Waals surface area contributed by atoms with Gasteiger partial charge in [0.2, 0.25) is 0 Å². The summed E-state index contributed by atoms with van der Waals surface area (Å²) in [5.41, 5.74) is 6.31. The molecule has 3 aromatic carbocycles. The van der Waals surface area contributed by atoms with Crippen LogP contribution in [0.4, 0.5) is 0 Å². The molecule has 34 heavy (non-hydrogen) atoms. The van der Waals surface area contributed by atoms with Crippen LogP contribution in [0.5, 0.6) is 17.2 Å². The summed E-state index contributed by atoms with van der Waals surface area (Å²) in [7, 11) is 0. The number of carbonyl (C=O) groups excluding carboxylic acids is 1. The zero-order chi connectivity index (χ0) is 24.1. The maximum atomic E-state index is 11.4. The minimum atomic E-state index is -0.132. The molecule has 1 aliphatic rings. The van der Waals surface area contributed by atoms with Crippen LogP contribution in [0, 0.1) is 6.92 Å². The second-order valence-electron chi connectivity index (χ2n) is 8.21. The van der Waals surface area contributed by atoms with Crippen molar-refractivity contribution in [2.24, 2.45) is 0 Å². The van der Waals surface area contributed by atoms with Crippen molar-refractivity contribution in [3.63, 3.8) is 0 Å². The van der Waals surface area contributed by atoms with E-state index >= 15 is 0 Å². The zero-order valence-electron chi connectivity index (χ0n) is 19.4. The highest BCUT2D eigenvalue weighted by molar-refractivity contribution is 6.32. The van der Waals surface area contributed by atoms with Gasteiger partial charge in [0.25, 0.3) is 0 Å². The fourth-order valence-electron chi connectivity index (χ4n) is 4.46. The standard InChI is InChI=1S/C28H28Cl2O4/c1-3-32-27-16-28(24(30)15-19(27)17-31)34-26-12-11-22-21(8-4-9-23(22)26)20-7-5-10-25(18(20)2)33-14-6-13-29/h4-5,7-10,15-17,26H,3,6,11-14H2,1-2H3/t26-/m0/s1. The molecule has 0 spiro atoms. The van der Waals surface area contributed by atoms with Crippen LogP contribution in [-0.4, -0.2) is 25.4 Å². The largest absolute Gasteiger partial charge is 0.493 e. The van der Waals surface area contributed by atoms with Gasteiger partial charge < -0.3 is 14.2 Å². The molecule has 0 heterocycles. The molecule has 3 aromatic rings. The summed E-state index contributed by atoms with van der Waals surface area (Å²) >= 11 is 12.2. The third kappa shape index (κ3) is 5.03. The molecule has 1 aliphatic carbocycles. The number of fused-ring (bicyclic) bond motifs is 1. The summed E-state index contributed by atoms with van der Waals surface area (Å²) in [6.45, 7) is 5.02. The SMILES string of the molecule is CCOc1cc(O[C@H]2CCc3c(-c4cccc(OCCCCl)c4C)cccc32)c(Cl)cc1C=O. The van der Waals surface area contributed by atoms with E-state index in [1.165, 1.54) is 11.1 Å². The van der Waals surface area contributed by atoms with Gasteiger partial charge in [0, 0.05) is 11.9 Å². The Hall–Kier alpha value is -2.69. The predicted molar refractivity (Wildman–Crippen MR) is 137 cm³/mol. The number of hydrogen-bond acceptors (Lipinski definition) is 4. The lowest BCUT2D eigenvalue weighted by Gasteiger charge is -2.19. The Labute approximate surface area is 210 Å². The molecule has 4 nitrogen and oxygen atoms in total. The van der Waals surface area contributed by atoms with Gasteiger partial charge >= 0.3 is 0 Å². The number of hydrogen-bond donors (Lipinski definition) is 0. The average Bonchev–Trinajstić information content (AvgIpc) is 3.25. The molecule has 178 valence electrons. The smallest absolute Gasteiger partial charge is 0.153 e. The molecular weight excluding hydrogens is 471 g/mol. The van der Waals surface area contributed by atoms with Gasteiger partial charge in [-0.15, -0.1) is 11.6 Å². The van der Waals surface area contributed by atoms with E-state index in [1.807, 2.05) is 19.1 Å². The van der Waals surface area contributed by atoms with Crippen LogP contribution in [0.25, 0.3) is 11.1 Å². The summed E-state index contributed by atoms with van der Waals surface area (Å²) in [6, 6.07) is 15.8. The molecule has 0 fully saturated rings. The second-order valence-corrected chi connectivity index (χ2v) is 8.99. The summed E-state index contributed by atoms with van der Waals surface area (Å²) in [4.78, 5) is 11.4. The first kappa shape index (κ1) is 24.4. The van der Waals surface area contributed by atoms with Crippen molar-refractivity contribution in [2.45, 2.75) is 39.2 Å². The van der Waals surface area contributed by atoms with Crippen molar-refractivity contribution in [1.82, 2.24) is 0 Å². The fourth-order valence-corrected chi connectivity index (χ4v) is 4.78. The normalized spacial score (nSPS) is 14.5. The van der Waals surface area contributed by atoms with E-state index in [9.17, 15) is 4.79 Å². The van der Waals surface area contributed by atoms with Crippen LogP contribution in [0.3, 0.4) is 0 Å². The van der Waals surface area contributed by atoms with Crippen LogP contribution in [0.15, 0.2) is 48.5 Å². The summed E-state index contributed by atoms with van der Waals surface area (Å²) in [5.74, 6) is 2.46. The average molecular weight is 499 g/mol. The van der Waals surface area contributed by atoms with E-state index in [4.69, 9.17) is 37.4 Å². The van der Waals surface area contributed by atoms with Gasteiger partial charge in [-0.1, -0.05) is 41.9 Å². The van der Waals surface area contributed by atoms with E-state index in [2.05, 4.69) is 31.2 Å². The minimum Gasteiger partial charge on any atom is -0.493 e. The second kappa shape index (κ2) is 11.2. The van der Waals surface area contributed by atoms with E-state index in [1.54, 1.807) is 12.1 Å². The molecule has 0 saturated heterocycles. The Balaban J connectivity index is 1.64. The fraction of sp³-hybridized carbons (Fsp3) is 0.321. The quantitative estimate of drug-likeness (QED) is 0.164. The van der Waals surface area contributed by atoms with Crippen molar-refractivity contribution in [1.29, 1.82) is 0 Å². The number of ether oxygens (including phenoxy) is 3. The molecule has 0 radical (unpaired) electrons. The topological polar surface area (TPSA) is 44.8 Å². The first-order valence-corrected chi connectivity index (χ1v) is 12.5. The molecule has 4 rings (SSSR count). The van der Waals surface area contributed by atoms with Crippen LogP contribution in [0.1, 0.15) is 52.9 Å². The molecule has 0 amide bonds. The van der Waals surface area contributed by atoms with E-state index in [0.717, 1.165) is 48.0 Å². The Morgan fingerprint density at radius 2 is 1.82 bits per heavy atom. The zero-order valence-corrected chi connectivity index (χ0v) is 20.9. The van der Waals surface area contributed by atoms with Crippen molar-refractivity contribution < 1.29 is 19.0 Å². The third-order valence-electron chi connectivity index (χ3n) is 6.09. The van der Waals surface area contributed by atoms with Crippen molar-refractivity contribution in [3.05, 3.63) is 75.8 Å². The van der Waals surface area contributed by atoms with Gasteiger partial charge in [0.05, 0.1) is 23.8 Å². The first-order chi connectivity index (χ1) is 16.6. The highest BCUT2D eigenvalue weighted by Gasteiger charge is 2.28. The molecule has 0 N–H and O–H groups in total. The first-order valence-electron chi connectivity index (χ1n) is 11.6. The van der Waals surface area contributed by atoms with Crippen LogP contribution < -0.4 is 14.2 Å². The lowest BCUT2D eigenvalue weighted by Crippen LogP contribution is -2.05. The lowest BCUT2D eigenvalue weighted by atomic mass is 9.93. The monoisotopic (exact) mass is 498 g/mol. The third-order valence-corrected chi connectivity index (χ3v) is 6.65. The van der Waals surface area contributed by atoms with Gasteiger partial charge in [-0.05, 0) is 73.1 Å². The van der Waals surface area contributed by atoms with Crippen molar-refractivity contribution in [3.8, 4) is 28.4 Å². The minimum absolute atomic E-state index is 0.132. The molecule has 0 bridgehead atoms. The Morgan fingerprint density at radius 1 is 1.03 bits per heavy atom. The van der Waals surface area contributed by atoms with Crippen LogP contribution >= 0.6 is 23.2 Å². The van der Waals surface area contributed by atoms with Gasteiger partial charge in [-0.25, -0.2) is 0 Å². The summed E-state index contributed by atoms with van der Waals surface area (Å²) in [5, 5.41) is 0.396. The number of benzene rings is 3.